The van der Waals surface area contributed by atoms with E-state index in [1.807, 2.05) is 19.9 Å². The third kappa shape index (κ3) is 5.54. The minimum atomic E-state index is -0.568. The van der Waals surface area contributed by atoms with E-state index in [1.54, 1.807) is 19.4 Å². The van der Waals surface area contributed by atoms with E-state index in [9.17, 15) is 4.79 Å². The second-order valence-electron chi connectivity index (χ2n) is 4.74. The summed E-state index contributed by atoms with van der Waals surface area (Å²) in [6.45, 7) is 4.66. The summed E-state index contributed by atoms with van der Waals surface area (Å²) in [6.07, 6.45) is 2.18. The van der Waals surface area contributed by atoms with Gasteiger partial charge in [-0.1, -0.05) is 6.07 Å². The van der Waals surface area contributed by atoms with Gasteiger partial charge >= 0.3 is 0 Å². The molecule has 20 heavy (non-hydrogen) atoms. The molecule has 0 bridgehead atoms. The third-order valence-corrected chi connectivity index (χ3v) is 2.62. The van der Waals surface area contributed by atoms with Gasteiger partial charge in [0.1, 0.15) is 0 Å². The maximum atomic E-state index is 11.8. The summed E-state index contributed by atoms with van der Waals surface area (Å²) in [6, 6.07) is 3.10. The van der Waals surface area contributed by atoms with Gasteiger partial charge in [-0.25, -0.2) is 4.98 Å². The lowest BCUT2D eigenvalue weighted by Gasteiger charge is -2.15. The Morgan fingerprint density at radius 1 is 1.50 bits per heavy atom. The van der Waals surface area contributed by atoms with E-state index >= 15 is 0 Å². The molecule has 112 valence electrons. The summed E-state index contributed by atoms with van der Waals surface area (Å²) < 4.78 is 10.5. The highest BCUT2D eigenvalue weighted by molar-refractivity contribution is 5.81. The van der Waals surface area contributed by atoms with Crippen molar-refractivity contribution >= 4 is 5.91 Å². The maximum Gasteiger partial charge on any atom is 0.237 e. The Hall–Kier alpha value is -1.66. The van der Waals surface area contributed by atoms with Crippen LogP contribution >= 0.6 is 0 Å². The molecule has 1 heterocycles. The van der Waals surface area contributed by atoms with Crippen molar-refractivity contribution in [2.45, 2.75) is 39.0 Å². The second-order valence-corrected chi connectivity index (χ2v) is 4.74. The zero-order chi connectivity index (χ0) is 15.0. The number of nitrogens with one attached hydrogen (secondary N) is 1. The van der Waals surface area contributed by atoms with Gasteiger partial charge in [-0.2, -0.15) is 0 Å². The summed E-state index contributed by atoms with van der Waals surface area (Å²) in [7, 11) is 1.58. The fourth-order valence-corrected chi connectivity index (χ4v) is 1.58. The number of ether oxygens (including phenoxy) is 2. The van der Waals surface area contributed by atoms with E-state index in [1.165, 1.54) is 0 Å². The molecular formula is C14H23N3O3. The van der Waals surface area contributed by atoms with Gasteiger partial charge in [0, 0.05) is 32.0 Å². The molecule has 0 saturated carbocycles. The number of hydrogen-bond donors (Lipinski definition) is 2. The van der Waals surface area contributed by atoms with E-state index in [4.69, 9.17) is 15.2 Å². The van der Waals surface area contributed by atoms with Crippen molar-refractivity contribution in [2.24, 2.45) is 5.73 Å². The fourth-order valence-electron chi connectivity index (χ4n) is 1.58. The fraction of sp³-hybridized carbons (Fsp3) is 0.571. The van der Waals surface area contributed by atoms with Gasteiger partial charge in [0.2, 0.25) is 11.8 Å². The van der Waals surface area contributed by atoms with Crippen molar-refractivity contribution in [3.8, 4) is 5.88 Å². The average molecular weight is 281 g/mol. The number of aromatic nitrogens is 1. The van der Waals surface area contributed by atoms with E-state index in [2.05, 4.69) is 10.3 Å². The van der Waals surface area contributed by atoms with E-state index in [0.29, 0.717) is 25.5 Å². The van der Waals surface area contributed by atoms with Crippen molar-refractivity contribution in [3.63, 3.8) is 0 Å². The molecule has 0 radical (unpaired) electrons. The normalized spacial score (nSPS) is 12.2. The number of nitrogens with two attached hydrogens (primary N) is 1. The molecular weight excluding hydrogens is 258 g/mol. The lowest BCUT2D eigenvalue weighted by molar-refractivity contribution is -0.122. The van der Waals surface area contributed by atoms with Crippen LogP contribution in [0.25, 0.3) is 0 Å². The molecule has 0 spiro atoms. The third-order valence-electron chi connectivity index (χ3n) is 2.62. The van der Waals surface area contributed by atoms with Gasteiger partial charge < -0.3 is 20.5 Å². The molecule has 3 N–H and O–H groups in total. The molecule has 1 unspecified atom stereocenters. The first-order valence-corrected chi connectivity index (χ1v) is 6.67. The van der Waals surface area contributed by atoms with Crippen LogP contribution in [0.15, 0.2) is 18.3 Å². The predicted molar refractivity (Wildman–Crippen MR) is 76.3 cm³/mol. The number of nitrogens with zero attached hydrogens (tertiary/aromatic N) is 1. The average Bonchev–Trinajstić information content (AvgIpc) is 2.42. The largest absolute Gasteiger partial charge is 0.475 e. The van der Waals surface area contributed by atoms with Crippen molar-refractivity contribution < 1.29 is 14.3 Å². The molecule has 0 aliphatic heterocycles. The molecule has 0 fully saturated rings. The molecule has 6 heteroatoms. The van der Waals surface area contributed by atoms with Crippen LogP contribution in [0.2, 0.25) is 0 Å². The lowest BCUT2D eigenvalue weighted by Crippen LogP contribution is -2.40. The van der Waals surface area contributed by atoms with Crippen molar-refractivity contribution in [3.05, 3.63) is 23.9 Å². The monoisotopic (exact) mass is 281 g/mol. The van der Waals surface area contributed by atoms with Gasteiger partial charge in [0.05, 0.1) is 12.1 Å². The smallest absolute Gasteiger partial charge is 0.237 e. The number of rotatable bonds is 8. The number of carbonyl (C=O) groups is 1. The van der Waals surface area contributed by atoms with Gasteiger partial charge in [-0.05, 0) is 26.3 Å². The Labute approximate surface area is 119 Å². The predicted octanol–water partition coefficient (Wildman–Crippen LogP) is 0.849. The van der Waals surface area contributed by atoms with Crippen molar-refractivity contribution in [1.82, 2.24) is 10.3 Å². The SMILES string of the molecule is COCCC(N)C(=O)NCc1cccnc1OC(C)C. The molecule has 0 saturated heterocycles. The van der Waals surface area contributed by atoms with E-state index in [0.717, 1.165) is 5.56 Å². The summed E-state index contributed by atoms with van der Waals surface area (Å²) >= 11 is 0. The number of amides is 1. The first-order valence-electron chi connectivity index (χ1n) is 6.67. The molecule has 1 amide bonds. The van der Waals surface area contributed by atoms with Crippen LogP contribution in [-0.2, 0) is 16.1 Å². The zero-order valence-corrected chi connectivity index (χ0v) is 12.3. The summed E-state index contributed by atoms with van der Waals surface area (Å²) in [5, 5.41) is 2.78. The van der Waals surface area contributed by atoms with Crippen LogP contribution in [0.5, 0.6) is 5.88 Å². The highest BCUT2D eigenvalue weighted by atomic mass is 16.5. The van der Waals surface area contributed by atoms with E-state index in [-0.39, 0.29) is 12.0 Å². The van der Waals surface area contributed by atoms with Crippen LogP contribution in [0, 0.1) is 0 Å². The number of hydrogen-bond acceptors (Lipinski definition) is 5. The van der Waals surface area contributed by atoms with Crippen LogP contribution in [0.1, 0.15) is 25.8 Å². The maximum absolute atomic E-state index is 11.8. The summed E-state index contributed by atoms with van der Waals surface area (Å²) in [5.41, 5.74) is 6.57. The Morgan fingerprint density at radius 2 is 2.25 bits per heavy atom. The topological polar surface area (TPSA) is 86.5 Å². The van der Waals surface area contributed by atoms with Crippen molar-refractivity contribution in [2.75, 3.05) is 13.7 Å². The molecule has 1 aromatic rings. The lowest BCUT2D eigenvalue weighted by atomic mass is 10.2. The van der Waals surface area contributed by atoms with E-state index < -0.39 is 6.04 Å². The minimum Gasteiger partial charge on any atom is -0.475 e. The van der Waals surface area contributed by atoms with Gasteiger partial charge in [0.25, 0.3) is 0 Å². The molecule has 0 aliphatic rings. The molecule has 1 aromatic heterocycles. The number of methoxy groups -OCH3 is 1. The van der Waals surface area contributed by atoms with Crippen LogP contribution in [0.3, 0.4) is 0 Å². The van der Waals surface area contributed by atoms with Gasteiger partial charge in [0.15, 0.2) is 0 Å². The second kappa shape index (κ2) is 8.50. The summed E-state index contributed by atoms with van der Waals surface area (Å²) in [5.74, 6) is 0.328. The quantitative estimate of drug-likeness (QED) is 0.737. The Bertz CT molecular complexity index is 424. The highest BCUT2D eigenvalue weighted by Crippen LogP contribution is 2.15. The summed E-state index contributed by atoms with van der Waals surface area (Å²) in [4.78, 5) is 16.0. The molecule has 0 aliphatic carbocycles. The molecule has 6 nitrogen and oxygen atoms in total. The van der Waals surface area contributed by atoms with Crippen LogP contribution in [-0.4, -0.2) is 36.8 Å². The minimum absolute atomic E-state index is 0.0308. The van der Waals surface area contributed by atoms with Gasteiger partial charge in [-0.3, -0.25) is 4.79 Å². The number of carbonyl (C=O) groups excluding carboxylic acids is 1. The highest BCUT2D eigenvalue weighted by Gasteiger charge is 2.14. The van der Waals surface area contributed by atoms with Crippen LogP contribution in [0.4, 0.5) is 0 Å². The standard InChI is InChI=1S/C14H23N3O3/c1-10(2)20-14-11(5-4-7-16-14)9-17-13(18)12(15)6-8-19-3/h4-5,7,10,12H,6,8-9,15H2,1-3H3,(H,17,18). The number of pyridine rings is 1. The Balaban J connectivity index is 2.54. The molecule has 0 aromatic carbocycles. The zero-order valence-electron chi connectivity index (χ0n) is 12.3. The van der Waals surface area contributed by atoms with Crippen molar-refractivity contribution in [1.29, 1.82) is 0 Å². The van der Waals surface area contributed by atoms with Gasteiger partial charge in [-0.15, -0.1) is 0 Å². The van der Waals surface area contributed by atoms with Crippen LogP contribution < -0.4 is 15.8 Å². The first-order chi connectivity index (χ1) is 9.54. The Kier molecular flexibility index (Phi) is 6.97. The first kappa shape index (κ1) is 16.4. The Morgan fingerprint density at radius 3 is 2.90 bits per heavy atom. The molecule has 1 rings (SSSR count). The molecule has 1 atom stereocenters.